The number of nitrogens with one attached hydrogen (secondary N) is 1. The number of carbonyl (C=O) groups is 1. The summed E-state index contributed by atoms with van der Waals surface area (Å²) in [5.41, 5.74) is 2.96. The van der Waals surface area contributed by atoms with Gasteiger partial charge >= 0.3 is 0 Å². The number of aryl methyl sites for hydroxylation is 2. The lowest BCUT2D eigenvalue weighted by Gasteiger charge is -2.18. The van der Waals surface area contributed by atoms with Gasteiger partial charge in [0.2, 0.25) is 11.7 Å². The van der Waals surface area contributed by atoms with Gasteiger partial charge < -0.3 is 29.2 Å². The average molecular weight is 417 g/mol. The molecule has 7 nitrogen and oxygen atoms in total. The summed E-state index contributed by atoms with van der Waals surface area (Å²) in [6, 6.07) is 9.59. The third kappa shape index (κ3) is 6.84. The van der Waals surface area contributed by atoms with Gasteiger partial charge in [0, 0.05) is 37.3 Å². The molecule has 164 valence electrons. The number of methoxy groups -OCH3 is 3. The first-order chi connectivity index (χ1) is 14.4. The highest BCUT2D eigenvalue weighted by atomic mass is 16.5. The Morgan fingerprint density at radius 1 is 0.900 bits per heavy atom. The van der Waals surface area contributed by atoms with Crippen LogP contribution in [-0.4, -0.2) is 58.9 Å². The SMILES string of the molecule is COc1cc(NC(=O)CCN(C)CCOc2cc(C)cc(C)c2)cc(OC)c1OC. The summed E-state index contributed by atoms with van der Waals surface area (Å²) in [7, 11) is 6.59. The van der Waals surface area contributed by atoms with Gasteiger partial charge in [-0.05, 0) is 44.2 Å². The molecule has 0 aliphatic carbocycles. The highest BCUT2D eigenvalue weighted by Gasteiger charge is 2.14. The van der Waals surface area contributed by atoms with Gasteiger partial charge in [-0.1, -0.05) is 6.07 Å². The van der Waals surface area contributed by atoms with Gasteiger partial charge in [-0.25, -0.2) is 0 Å². The number of amides is 1. The lowest BCUT2D eigenvalue weighted by atomic mass is 10.1. The summed E-state index contributed by atoms with van der Waals surface area (Å²) in [6.45, 7) is 6.02. The molecule has 2 aromatic rings. The zero-order valence-corrected chi connectivity index (χ0v) is 18.7. The maximum Gasteiger partial charge on any atom is 0.225 e. The van der Waals surface area contributed by atoms with Crippen LogP contribution < -0.4 is 24.3 Å². The number of hydrogen-bond acceptors (Lipinski definition) is 6. The van der Waals surface area contributed by atoms with Crippen molar-refractivity contribution in [2.75, 3.05) is 53.4 Å². The van der Waals surface area contributed by atoms with E-state index in [1.165, 1.54) is 32.5 Å². The van der Waals surface area contributed by atoms with E-state index in [2.05, 4.69) is 30.1 Å². The molecule has 0 aromatic heterocycles. The Hall–Kier alpha value is -2.93. The van der Waals surface area contributed by atoms with Crippen LogP contribution in [-0.2, 0) is 4.79 Å². The first-order valence-corrected chi connectivity index (χ1v) is 9.85. The van der Waals surface area contributed by atoms with Crippen LogP contribution in [0.25, 0.3) is 0 Å². The van der Waals surface area contributed by atoms with Crippen molar-refractivity contribution in [3.05, 3.63) is 41.5 Å². The molecule has 7 heteroatoms. The van der Waals surface area contributed by atoms with Crippen LogP contribution in [0.5, 0.6) is 23.0 Å². The van der Waals surface area contributed by atoms with Crippen LogP contribution in [0.2, 0.25) is 0 Å². The fourth-order valence-electron chi connectivity index (χ4n) is 3.12. The molecule has 0 radical (unpaired) electrons. The molecule has 0 spiro atoms. The number of anilines is 1. The van der Waals surface area contributed by atoms with Crippen molar-refractivity contribution in [2.45, 2.75) is 20.3 Å². The van der Waals surface area contributed by atoms with Crippen molar-refractivity contribution in [1.29, 1.82) is 0 Å². The second-order valence-corrected chi connectivity index (χ2v) is 7.19. The zero-order chi connectivity index (χ0) is 22.1. The minimum atomic E-state index is -0.0913. The minimum Gasteiger partial charge on any atom is -0.493 e. The molecular weight excluding hydrogens is 384 g/mol. The quantitative estimate of drug-likeness (QED) is 0.603. The summed E-state index contributed by atoms with van der Waals surface area (Å²) in [4.78, 5) is 14.4. The number of carbonyl (C=O) groups excluding carboxylic acids is 1. The van der Waals surface area contributed by atoms with Gasteiger partial charge in [0.1, 0.15) is 12.4 Å². The number of nitrogens with zero attached hydrogens (tertiary/aromatic N) is 1. The first kappa shape index (κ1) is 23.3. The fraction of sp³-hybridized carbons (Fsp3) is 0.435. The second kappa shape index (κ2) is 11.3. The maximum atomic E-state index is 12.4. The summed E-state index contributed by atoms with van der Waals surface area (Å²) >= 11 is 0. The summed E-state index contributed by atoms with van der Waals surface area (Å²) in [5.74, 6) is 2.26. The fourth-order valence-corrected chi connectivity index (χ4v) is 3.12. The third-order valence-corrected chi connectivity index (χ3v) is 4.61. The van der Waals surface area contributed by atoms with Crippen molar-refractivity contribution in [1.82, 2.24) is 4.90 Å². The van der Waals surface area contributed by atoms with Gasteiger partial charge in [-0.15, -0.1) is 0 Å². The summed E-state index contributed by atoms with van der Waals surface area (Å²) < 4.78 is 21.8. The van der Waals surface area contributed by atoms with E-state index in [-0.39, 0.29) is 5.91 Å². The lowest BCUT2D eigenvalue weighted by molar-refractivity contribution is -0.116. The molecule has 1 amide bonds. The average Bonchev–Trinajstić information content (AvgIpc) is 2.70. The van der Waals surface area contributed by atoms with E-state index in [0.29, 0.717) is 42.5 Å². The van der Waals surface area contributed by atoms with E-state index < -0.39 is 0 Å². The van der Waals surface area contributed by atoms with Crippen LogP contribution in [0.1, 0.15) is 17.5 Å². The normalized spacial score (nSPS) is 10.6. The second-order valence-electron chi connectivity index (χ2n) is 7.19. The Morgan fingerprint density at radius 2 is 1.50 bits per heavy atom. The van der Waals surface area contributed by atoms with Crippen molar-refractivity contribution < 1.29 is 23.7 Å². The monoisotopic (exact) mass is 416 g/mol. The largest absolute Gasteiger partial charge is 0.493 e. The van der Waals surface area contributed by atoms with E-state index in [9.17, 15) is 4.79 Å². The molecule has 0 bridgehead atoms. The Kier molecular flexibility index (Phi) is 8.80. The molecular formula is C23H32N2O5. The van der Waals surface area contributed by atoms with Crippen LogP contribution >= 0.6 is 0 Å². The van der Waals surface area contributed by atoms with Crippen molar-refractivity contribution in [3.63, 3.8) is 0 Å². The maximum absolute atomic E-state index is 12.4. The van der Waals surface area contributed by atoms with Crippen molar-refractivity contribution >= 4 is 11.6 Å². The molecule has 0 heterocycles. The molecule has 0 saturated heterocycles. The van der Waals surface area contributed by atoms with Crippen LogP contribution in [0.4, 0.5) is 5.69 Å². The van der Waals surface area contributed by atoms with Gasteiger partial charge in [0.25, 0.3) is 0 Å². The standard InChI is InChI=1S/C23H32N2O5/c1-16-11-17(2)13-19(12-16)30-10-9-25(3)8-7-22(26)24-18-14-20(27-4)23(29-6)21(15-18)28-5/h11-15H,7-10H2,1-6H3,(H,24,26). The first-order valence-electron chi connectivity index (χ1n) is 9.85. The topological polar surface area (TPSA) is 69.3 Å². The van der Waals surface area contributed by atoms with Gasteiger partial charge in [0.05, 0.1) is 21.3 Å². The molecule has 0 atom stereocenters. The molecule has 30 heavy (non-hydrogen) atoms. The Labute approximate surface area is 178 Å². The molecule has 2 aromatic carbocycles. The number of rotatable bonds is 11. The Bertz CT molecular complexity index is 808. The third-order valence-electron chi connectivity index (χ3n) is 4.61. The van der Waals surface area contributed by atoms with E-state index >= 15 is 0 Å². The van der Waals surface area contributed by atoms with Gasteiger partial charge in [-0.2, -0.15) is 0 Å². The highest BCUT2D eigenvalue weighted by molar-refractivity contribution is 5.91. The predicted molar refractivity (Wildman–Crippen MR) is 118 cm³/mol. The summed E-state index contributed by atoms with van der Waals surface area (Å²) in [5, 5.41) is 2.88. The summed E-state index contributed by atoms with van der Waals surface area (Å²) in [6.07, 6.45) is 0.358. The Morgan fingerprint density at radius 3 is 2.03 bits per heavy atom. The smallest absolute Gasteiger partial charge is 0.225 e. The molecule has 0 saturated carbocycles. The van der Waals surface area contributed by atoms with Crippen LogP contribution in [0, 0.1) is 13.8 Å². The number of benzene rings is 2. The molecule has 0 aliphatic rings. The minimum absolute atomic E-state index is 0.0913. The lowest BCUT2D eigenvalue weighted by Crippen LogP contribution is -2.28. The van der Waals surface area contributed by atoms with E-state index in [4.69, 9.17) is 18.9 Å². The van der Waals surface area contributed by atoms with Crippen molar-refractivity contribution in [3.8, 4) is 23.0 Å². The number of ether oxygens (including phenoxy) is 4. The Balaban J connectivity index is 1.81. The highest BCUT2D eigenvalue weighted by Crippen LogP contribution is 2.39. The van der Waals surface area contributed by atoms with Gasteiger partial charge in [0.15, 0.2) is 11.5 Å². The van der Waals surface area contributed by atoms with E-state index in [1.54, 1.807) is 12.1 Å². The molecule has 1 N–H and O–H groups in total. The molecule has 2 rings (SSSR count). The predicted octanol–water partition coefficient (Wildman–Crippen LogP) is 3.67. The van der Waals surface area contributed by atoms with E-state index in [0.717, 1.165) is 12.3 Å². The van der Waals surface area contributed by atoms with Crippen LogP contribution in [0.15, 0.2) is 30.3 Å². The molecule has 0 aliphatic heterocycles. The zero-order valence-electron chi connectivity index (χ0n) is 18.7. The van der Waals surface area contributed by atoms with Crippen molar-refractivity contribution in [2.24, 2.45) is 0 Å². The molecule has 0 fully saturated rings. The molecule has 0 unspecified atom stereocenters. The number of hydrogen-bond donors (Lipinski definition) is 1. The number of likely N-dealkylation sites (N-methyl/N-ethyl adjacent to an activating group) is 1. The van der Waals surface area contributed by atoms with E-state index in [1.807, 2.05) is 19.2 Å². The van der Waals surface area contributed by atoms with Gasteiger partial charge in [-0.3, -0.25) is 4.79 Å². The van der Waals surface area contributed by atoms with Crippen LogP contribution in [0.3, 0.4) is 0 Å².